The van der Waals surface area contributed by atoms with Crippen molar-refractivity contribution >= 4 is 11.6 Å². The van der Waals surface area contributed by atoms with Crippen LogP contribution in [0.25, 0.3) is 0 Å². The number of hydrogen-bond donors (Lipinski definition) is 1. The molecule has 2 heterocycles. The predicted molar refractivity (Wildman–Crippen MR) is 98.3 cm³/mol. The van der Waals surface area contributed by atoms with E-state index in [0.29, 0.717) is 18.0 Å². The van der Waals surface area contributed by atoms with Crippen LogP contribution in [0.1, 0.15) is 28.2 Å². The number of carbonyl (C=O) groups is 1. The van der Waals surface area contributed by atoms with Crippen LogP contribution in [-0.2, 0) is 7.05 Å². The first kappa shape index (κ1) is 17.3. The summed E-state index contributed by atoms with van der Waals surface area (Å²) in [6, 6.07) is 8.13. The van der Waals surface area contributed by atoms with Crippen molar-refractivity contribution in [1.82, 2.24) is 15.1 Å². The second-order valence-electron chi connectivity index (χ2n) is 6.68. The average Bonchev–Trinajstić information content (AvgIpc) is 3.18. The van der Waals surface area contributed by atoms with Gasteiger partial charge in [0.05, 0.1) is 18.4 Å². The van der Waals surface area contributed by atoms with Gasteiger partial charge in [-0.15, -0.1) is 0 Å². The molecule has 0 radical (unpaired) electrons. The fourth-order valence-corrected chi connectivity index (χ4v) is 3.47. The molecule has 0 bridgehead atoms. The van der Waals surface area contributed by atoms with Gasteiger partial charge in [-0.2, -0.15) is 5.10 Å². The van der Waals surface area contributed by atoms with Crippen LogP contribution in [0.3, 0.4) is 0 Å². The van der Waals surface area contributed by atoms with Crippen molar-refractivity contribution in [2.45, 2.75) is 20.3 Å². The Morgan fingerprint density at radius 3 is 2.88 bits per heavy atom. The van der Waals surface area contributed by atoms with Gasteiger partial charge in [0, 0.05) is 44.1 Å². The van der Waals surface area contributed by atoms with E-state index < -0.39 is 0 Å². The molecule has 0 saturated carbocycles. The molecule has 1 saturated heterocycles. The fraction of sp³-hybridized carbons (Fsp3) is 0.474. The van der Waals surface area contributed by atoms with E-state index in [4.69, 9.17) is 4.74 Å². The number of ether oxygens (including phenoxy) is 1. The summed E-state index contributed by atoms with van der Waals surface area (Å²) in [4.78, 5) is 14.8. The lowest BCUT2D eigenvalue weighted by Crippen LogP contribution is -2.31. The van der Waals surface area contributed by atoms with Crippen molar-refractivity contribution in [3.63, 3.8) is 0 Å². The van der Waals surface area contributed by atoms with Gasteiger partial charge in [-0.25, -0.2) is 0 Å². The van der Waals surface area contributed by atoms with E-state index in [1.807, 2.05) is 33.0 Å². The molecule has 0 aliphatic carbocycles. The molecule has 1 aliphatic rings. The lowest BCUT2D eigenvalue weighted by atomic mass is 10.1. The van der Waals surface area contributed by atoms with Crippen molar-refractivity contribution in [3.05, 3.63) is 41.2 Å². The Hall–Kier alpha value is -2.50. The minimum atomic E-state index is -0.0251. The zero-order chi connectivity index (χ0) is 18.0. The van der Waals surface area contributed by atoms with Gasteiger partial charge in [0.25, 0.3) is 5.91 Å². The number of amides is 1. The van der Waals surface area contributed by atoms with Crippen LogP contribution in [0, 0.1) is 19.8 Å². The van der Waals surface area contributed by atoms with Gasteiger partial charge in [0.15, 0.2) is 0 Å². The molecular weight excluding hydrogens is 316 g/mol. The summed E-state index contributed by atoms with van der Waals surface area (Å²) in [5.74, 6) is 1.30. The smallest absolute Gasteiger partial charge is 0.255 e. The summed E-state index contributed by atoms with van der Waals surface area (Å²) < 4.78 is 7.06. The van der Waals surface area contributed by atoms with E-state index in [1.54, 1.807) is 11.8 Å². The number of nitrogens with zero attached hydrogens (tertiary/aromatic N) is 3. The summed E-state index contributed by atoms with van der Waals surface area (Å²) in [6.45, 7) is 6.43. The lowest BCUT2D eigenvalue weighted by molar-refractivity contribution is 0.0947. The molecule has 6 nitrogen and oxygen atoms in total. The third-order valence-electron chi connectivity index (χ3n) is 4.99. The van der Waals surface area contributed by atoms with E-state index in [-0.39, 0.29) is 5.91 Å². The Morgan fingerprint density at radius 2 is 2.20 bits per heavy atom. The molecule has 134 valence electrons. The van der Waals surface area contributed by atoms with Crippen LogP contribution in [-0.4, -0.2) is 42.4 Å². The Kier molecular flexibility index (Phi) is 4.97. The molecule has 1 N–H and O–H groups in total. The average molecular weight is 342 g/mol. The molecule has 1 atom stereocenters. The first-order chi connectivity index (χ1) is 12.0. The van der Waals surface area contributed by atoms with Crippen LogP contribution >= 0.6 is 0 Å². The molecular formula is C19H26N4O2. The van der Waals surface area contributed by atoms with E-state index in [9.17, 15) is 4.79 Å². The van der Waals surface area contributed by atoms with Gasteiger partial charge < -0.3 is 15.0 Å². The van der Waals surface area contributed by atoms with Gasteiger partial charge >= 0.3 is 0 Å². The number of benzene rings is 1. The quantitative estimate of drug-likeness (QED) is 0.906. The van der Waals surface area contributed by atoms with E-state index >= 15 is 0 Å². The third-order valence-corrected chi connectivity index (χ3v) is 4.99. The first-order valence-corrected chi connectivity index (χ1v) is 8.67. The number of carbonyl (C=O) groups excluding carboxylic acids is 1. The van der Waals surface area contributed by atoms with E-state index in [1.165, 1.54) is 5.69 Å². The zero-order valence-electron chi connectivity index (χ0n) is 15.4. The zero-order valence-corrected chi connectivity index (χ0v) is 15.4. The van der Waals surface area contributed by atoms with Crippen molar-refractivity contribution in [3.8, 4) is 5.75 Å². The highest BCUT2D eigenvalue weighted by atomic mass is 16.5. The Labute approximate surface area is 148 Å². The van der Waals surface area contributed by atoms with Gasteiger partial charge in [-0.3, -0.25) is 9.48 Å². The summed E-state index contributed by atoms with van der Waals surface area (Å²) in [5, 5.41) is 7.40. The number of nitrogens with one attached hydrogen (secondary N) is 1. The summed E-state index contributed by atoms with van der Waals surface area (Å²) >= 11 is 0. The van der Waals surface area contributed by atoms with Crippen molar-refractivity contribution in [2.75, 3.05) is 31.6 Å². The maximum atomic E-state index is 12.5. The van der Waals surface area contributed by atoms with Gasteiger partial charge in [0.1, 0.15) is 5.75 Å². The van der Waals surface area contributed by atoms with Gasteiger partial charge in [-0.1, -0.05) is 6.07 Å². The lowest BCUT2D eigenvalue weighted by Gasteiger charge is -2.19. The Bertz CT molecular complexity index is 769. The van der Waals surface area contributed by atoms with Crippen LogP contribution < -0.4 is 15.0 Å². The molecule has 1 unspecified atom stereocenters. The third kappa shape index (κ3) is 3.62. The second-order valence-corrected chi connectivity index (χ2v) is 6.68. The summed E-state index contributed by atoms with van der Waals surface area (Å²) in [7, 11) is 3.55. The number of aryl methyl sites for hydroxylation is 2. The van der Waals surface area contributed by atoms with Crippen LogP contribution in [0.2, 0.25) is 0 Å². The number of hydrogen-bond acceptors (Lipinski definition) is 4. The van der Waals surface area contributed by atoms with Crippen molar-refractivity contribution in [2.24, 2.45) is 13.0 Å². The molecule has 6 heteroatoms. The minimum absolute atomic E-state index is 0.0251. The van der Waals surface area contributed by atoms with Gasteiger partial charge in [0.2, 0.25) is 0 Å². The minimum Gasteiger partial charge on any atom is -0.497 e. The maximum Gasteiger partial charge on any atom is 0.255 e. The van der Waals surface area contributed by atoms with E-state index in [2.05, 4.69) is 27.4 Å². The topological polar surface area (TPSA) is 59.4 Å². The SMILES string of the molecule is COc1cccc(N2CCC(CNC(=O)c3c(C)nn(C)c3C)C2)c1. The Morgan fingerprint density at radius 1 is 1.40 bits per heavy atom. The number of rotatable bonds is 5. The van der Waals surface area contributed by atoms with Crippen molar-refractivity contribution < 1.29 is 9.53 Å². The second kappa shape index (κ2) is 7.17. The number of anilines is 1. The largest absolute Gasteiger partial charge is 0.497 e. The normalized spacial score (nSPS) is 17.0. The van der Waals surface area contributed by atoms with E-state index in [0.717, 1.165) is 36.6 Å². The molecule has 1 fully saturated rings. The Balaban J connectivity index is 1.57. The monoisotopic (exact) mass is 342 g/mol. The maximum absolute atomic E-state index is 12.5. The number of methoxy groups -OCH3 is 1. The highest BCUT2D eigenvalue weighted by molar-refractivity contribution is 5.96. The first-order valence-electron chi connectivity index (χ1n) is 8.67. The molecule has 1 aromatic heterocycles. The summed E-state index contributed by atoms with van der Waals surface area (Å²) in [6.07, 6.45) is 1.07. The molecule has 0 spiro atoms. The number of aromatic nitrogens is 2. The molecule has 25 heavy (non-hydrogen) atoms. The molecule has 2 aromatic rings. The standard InChI is InChI=1S/C19H26N4O2/c1-13-18(14(2)22(3)21-13)19(24)20-11-15-8-9-23(12-15)16-6-5-7-17(10-16)25-4/h5-7,10,15H,8-9,11-12H2,1-4H3,(H,20,24). The fourth-order valence-electron chi connectivity index (χ4n) is 3.47. The highest BCUT2D eigenvalue weighted by Gasteiger charge is 2.24. The molecule has 1 aliphatic heterocycles. The van der Waals surface area contributed by atoms with Crippen molar-refractivity contribution in [1.29, 1.82) is 0 Å². The van der Waals surface area contributed by atoms with Gasteiger partial charge in [-0.05, 0) is 38.3 Å². The predicted octanol–water partition coefficient (Wildman–Crippen LogP) is 2.30. The highest BCUT2D eigenvalue weighted by Crippen LogP contribution is 2.26. The molecule has 3 rings (SSSR count). The molecule has 1 aromatic carbocycles. The van der Waals surface area contributed by atoms with Crippen LogP contribution in [0.5, 0.6) is 5.75 Å². The van der Waals surface area contributed by atoms with Crippen LogP contribution in [0.4, 0.5) is 5.69 Å². The summed E-state index contributed by atoms with van der Waals surface area (Å²) in [5.41, 5.74) is 3.55. The molecule has 1 amide bonds. The van der Waals surface area contributed by atoms with Crippen LogP contribution in [0.15, 0.2) is 24.3 Å².